The molecule has 3 rings (SSSR count). The van der Waals surface area contributed by atoms with Crippen LogP contribution >= 0.6 is 11.3 Å². The van der Waals surface area contributed by atoms with E-state index in [2.05, 4.69) is 39.4 Å². The quantitative estimate of drug-likeness (QED) is 0.732. The van der Waals surface area contributed by atoms with Crippen LogP contribution in [0.25, 0.3) is 11.0 Å². The van der Waals surface area contributed by atoms with E-state index in [1.165, 1.54) is 5.56 Å². The predicted octanol–water partition coefficient (Wildman–Crippen LogP) is 3.29. The number of nitrogens with zero attached hydrogens (tertiary/aromatic N) is 2. The summed E-state index contributed by atoms with van der Waals surface area (Å²) >= 11 is 1.73. The molecule has 0 aliphatic carbocycles. The van der Waals surface area contributed by atoms with Crippen LogP contribution in [0.5, 0.6) is 0 Å². The number of nitrogens with two attached hydrogens (primary N) is 1. The molecule has 3 nitrogen and oxygen atoms in total. The van der Waals surface area contributed by atoms with Crippen LogP contribution in [0, 0.1) is 0 Å². The Kier molecular flexibility index (Phi) is 2.80. The molecule has 3 aromatic rings. The number of hydrogen-bond donors (Lipinski definition) is 1. The lowest BCUT2D eigenvalue weighted by molar-refractivity contribution is 0.755. The maximum absolute atomic E-state index is 5.81. The number of rotatable bonds is 3. The number of thiophene rings is 1. The number of nitrogen functional groups attached to an aromatic ring is 1. The van der Waals surface area contributed by atoms with Crippen molar-refractivity contribution in [3.05, 3.63) is 46.4 Å². The molecule has 2 N–H and O–H groups in total. The summed E-state index contributed by atoms with van der Waals surface area (Å²) in [5, 5.41) is 4.29. The maximum Gasteiger partial charge on any atom is 0.109 e. The molecular formula is C14H15N3S. The van der Waals surface area contributed by atoms with Crippen molar-refractivity contribution in [3.8, 4) is 0 Å². The van der Waals surface area contributed by atoms with Gasteiger partial charge in [0.2, 0.25) is 0 Å². The Labute approximate surface area is 110 Å². The molecule has 0 fully saturated rings. The lowest BCUT2D eigenvalue weighted by Crippen LogP contribution is -2.03. The fourth-order valence-corrected chi connectivity index (χ4v) is 2.87. The maximum atomic E-state index is 5.81. The molecule has 0 amide bonds. The second-order valence-electron chi connectivity index (χ2n) is 4.35. The number of aryl methyl sites for hydroxylation is 1. The van der Waals surface area contributed by atoms with E-state index in [0.29, 0.717) is 0 Å². The zero-order valence-corrected chi connectivity index (χ0v) is 11.1. The zero-order chi connectivity index (χ0) is 12.5. The average Bonchev–Trinajstić information content (AvgIpc) is 2.97. The van der Waals surface area contributed by atoms with Gasteiger partial charge in [-0.05, 0) is 40.6 Å². The van der Waals surface area contributed by atoms with Gasteiger partial charge in [0.15, 0.2) is 0 Å². The Bertz CT molecular complexity index is 668. The number of anilines is 1. The molecule has 0 unspecified atom stereocenters. The van der Waals surface area contributed by atoms with Gasteiger partial charge in [-0.25, -0.2) is 4.98 Å². The van der Waals surface area contributed by atoms with Crippen LogP contribution in [-0.4, -0.2) is 9.55 Å². The summed E-state index contributed by atoms with van der Waals surface area (Å²) in [6.07, 6.45) is 0.929. The minimum Gasteiger partial charge on any atom is -0.399 e. The van der Waals surface area contributed by atoms with Gasteiger partial charge in [0.25, 0.3) is 0 Å². The number of benzene rings is 1. The van der Waals surface area contributed by atoms with Crippen LogP contribution in [0.2, 0.25) is 0 Å². The lowest BCUT2D eigenvalue weighted by atomic mass is 10.2. The predicted molar refractivity (Wildman–Crippen MR) is 76.9 cm³/mol. The molecule has 2 aromatic heterocycles. The van der Waals surface area contributed by atoms with Gasteiger partial charge in [-0.3, -0.25) is 0 Å². The molecule has 1 aromatic carbocycles. The molecule has 0 atom stereocenters. The van der Waals surface area contributed by atoms with Crippen molar-refractivity contribution < 1.29 is 0 Å². The van der Waals surface area contributed by atoms with E-state index in [-0.39, 0.29) is 0 Å². The highest BCUT2D eigenvalue weighted by molar-refractivity contribution is 7.07. The Morgan fingerprint density at radius 1 is 1.33 bits per heavy atom. The summed E-state index contributed by atoms with van der Waals surface area (Å²) in [6, 6.07) is 8.10. The van der Waals surface area contributed by atoms with Gasteiger partial charge < -0.3 is 10.3 Å². The van der Waals surface area contributed by atoms with Gasteiger partial charge >= 0.3 is 0 Å². The Hall–Kier alpha value is -1.81. The number of aromatic nitrogens is 2. The topological polar surface area (TPSA) is 43.8 Å². The van der Waals surface area contributed by atoms with Crippen molar-refractivity contribution in [2.75, 3.05) is 5.73 Å². The van der Waals surface area contributed by atoms with Crippen LogP contribution < -0.4 is 5.73 Å². The average molecular weight is 257 g/mol. The Morgan fingerprint density at radius 2 is 2.22 bits per heavy atom. The van der Waals surface area contributed by atoms with E-state index in [9.17, 15) is 0 Å². The van der Waals surface area contributed by atoms with Crippen LogP contribution in [-0.2, 0) is 13.0 Å². The number of hydrogen-bond acceptors (Lipinski definition) is 3. The first-order valence-corrected chi connectivity index (χ1v) is 6.98. The van der Waals surface area contributed by atoms with E-state index in [1.807, 2.05) is 12.1 Å². The second-order valence-corrected chi connectivity index (χ2v) is 5.13. The van der Waals surface area contributed by atoms with E-state index in [0.717, 1.165) is 35.5 Å². The minimum atomic E-state index is 0.769. The van der Waals surface area contributed by atoms with E-state index < -0.39 is 0 Å². The van der Waals surface area contributed by atoms with Crippen LogP contribution in [0.3, 0.4) is 0 Å². The fourth-order valence-electron chi connectivity index (χ4n) is 2.21. The molecule has 0 aliphatic rings. The van der Waals surface area contributed by atoms with Gasteiger partial charge in [0.1, 0.15) is 5.82 Å². The monoisotopic (exact) mass is 257 g/mol. The van der Waals surface area contributed by atoms with Crippen molar-refractivity contribution in [2.24, 2.45) is 0 Å². The van der Waals surface area contributed by atoms with Crippen molar-refractivity contribution in [1.29, 1.82) is 0 Å². The van der Waals surface area contributed by atoms with Crippen molar-refractivity contribution >= 4 is 28.1 Å². The third-order valence-corrected chi connectivity index (χ3v) is 3.82. The first-order valence-electron chi connectivity index (χ1n) is 6.03. The molecule has 0 spiro atoms. The highest BCUT2D eigenvalue weighted by atomic mass is 32.1. The first-order chi connectivity index (χ1) is 8.78. The standard InChI is InChI=1S/C14H15N3S/c1-2-14-16-12-7-11(15)3-4-13(12)17(14)8-10-5-6-18-9-10/h3-7,9H,2,8,15H2,1H3. The van der Waals surface area contributed by atoms with Gasteiger partial charge in [-0.2, -0.15) is 11.3 Å². The van der Waals surface area contributed by atoms with Crippen molar-refractivity contribution in [3.63, 3.8) is 0 Å². The molecule has 0 bridgehead atoms. The fraction of sp³-hybridized carbons (Fsp3) is 0.214. The smallest absolute Gasteiger partial charge is 0.109 e. The Balaban J connectivity index is 2.13. The first kappa shape index (κ1) is 11.3. The summed E-state index contributed by atoms with van der Waals surface area (Å²) in [4.78, 5) is 4.66. The van der Waals surface area contributed by atoms with Gasteiger partial charge in [-0.1, -0.05) is 6.92 Å². The largest absolute Gasteiger partial charge is 0.399 e. The van der Waals surface area contributed by atoms with Crippen molar-refractivity contribution in [1.82, 2.24) is 9.55 Å². The van der Waals surface area contributed by atoms with Crippen LogP contribution in [0.15, 0.2) is 35.0 Å². The molecular weight excluding hydrogens is 242 g/mol. The summed E-state index contributed by atoms with van der Waals surface area (Å²) in [7, 11) is 0. The zero-order valence-electron chi connectivity index (χ0n) is 10.3. The molecule has 0 saturated carbocycles. The lowest BCUT2D eigenvalue weighted by Gasteiger charge is -2.06. The highest BCUT2D eigenvalue weighted by Crippen LogP contribution is 2.21. The molecule has 2 heterocycles. The summed E-state index contributed by atoms with van der Waals surface area (Å²) in [5.74, 6) is 1.11. The molecule has 18 heavy (non-hydrogen) atoms. The summed E-state index contributed by atoms with van der Waals surface area (Å²) in [5.41, 5.74) is 10.1. The second kappa shape index (κ2) is 4.46. The third kappa shape index (κ3) is 1.88. The van der Waals surface area contributed by atoms with Gasteiger partial charge in [0.05, 0.1) is 17.6 Å². The Morgan fingerprint density at radius 3 is 2.94 bits per heavy atom. The normalized spacial score (nSPS) is 11.2. The molecule has 0 aliphatic heterocycles. The molecule has 92 valence electrons. The molecule has 0 saturated heterocycles. The van der Waals surface area contributed by atoms with Gasteiger partial charge in [0, 0.05) is 12.1 Å². The van der Waals surface area contributed by atoms with E-state index in [4.69, 9.17) is 5.73 Å². The molecule has 4 heteroatoms. The van der Waals surface area contributed by atoms with Crippen molar-refractivity contribution in [2.45, 2.75) is 19.9 Å². The van der Waals surface area contributed by atoms with Gasteiger partial charge in [-0.15, -0.1) is 0 Å². The number of imidazole rings is 1. The SMILES string of the molecule is CCc1nc2cc(N)ccc2n1Cc1ccsc1. The van der Waals surface area contributed by atoms with Crippen LogP contribution in [0.1, 0.15) is 18.3 Å². The van der Waals surface area contributed by atoms with E-state index >= 15 is 0 Å². The summed E-state index contributed by atoms with van der Waals surface area (Å²) < 4.78 is 2.27. The minimum absolute atomic E-state index is 0.769. The highest BCUT2D eigenvalue weighted by Gasteiger charge is 2.10. The summed E-state index contributed by atoms with van der Waals surface area (Å²) in [6.45, 7) is 3.02. The number of fused-ring (bicyclic) bond motifs is 1. The van der Waals surface area contributed by atoms with E-state index in [1.54, 1.807) is 11.3 Å². The van der Waals surface area contributed by atoms with Crippen LogP contribution in [0.4, 0.5) is 5.69 Å². The molecule has 0 radical (unpaired) electrons. The third-order valence-electron chi connectivity index (χ3n) is 3.09.